The summed E-state index contributed by atoms with van der Waals surface area (Å²) >= 11 is 6.84. The summed E-state index contributed by atoms with van der Waals surface area (Å²) in [6.45, 7) is 0. The van der Waals surface area contributed by atoms with Gasteiger partial charge in [0.05, 0.1) is 10.9 Å². The number of amides is 1. The maximum Gasteiger partial charge on any atom is 0.221 e. The van der Waals surface area contributed by atoms with E-state index in [4.69, 9.17) is 18.0 Å². The monoisotopic (exact) mass is 224 g/mol. The standard InChI is InChI=1S/C9H8N2OS2/c10-7(12)3-5-4-11-9-6(8(5)13)1-2-14-9/h1-2,4H,3H2,(H2,10,12)(H,11,13). The van der Waals surface area contributed by atoms with Crippen LogP contribution in [0.25, 0.3) is 10.2 Å². The first-order valence-corrected chi connectivity index (χ1v) is 5.33. The molecule has 0 unspecified atom stereocenters. The van der Waals surface area contributed by atoms with Crippen LogP contribution in [0.2, 0.25) is 0 Å². The average molecular weight is 224 g/mol. The molecule has 2 heterocycles. The van der Waals surface area contributed by atoms with Gasteiger partial charge in [0.1, 0.15) is 4.83 Å². The van der Waals surface area contributed by atoms with Crippen LogP contribution in [-0.2, 0) is 11.2 Å². The molecule has 5 heteroatoms. The molecule has 2 aromatic heterocycles. The van der Waals surface area contributed by atoms with Crippen molar-refractivity contribution in [1.29, 1.82) is 0 Å². The third-order valence-electron chi connectivity index (χ3n) is 1.94. The molecule has 0 radical (unpaired) electrons. The van der Waals surface area contributed by atoms with Crippen molar-refractivity contribution in [3.05, 3.63) is 27.7 Å². The Morgan fingerprint density at radius 2 is 2.43 bits per heavy atom. The van der Waals surface area contributed by atoms with Gasteiger partial charge in [-0.05, 0) is 17.0 Å². The van der Waals surface area contributed by atoms with E-state index in [1.807, 2.05) is 11.4 Å². The Balaban J connectivity index is 2.62. The molecule has 0 aromatic carbocycles. The largest absolute Gasteiger partial charge is 0.369 e. The quantitative estimate of drug-likeness (QED) is 0.766. The van der Waals surface area contributed by atoms with Crippen molar-refractivity contribution in [1.82, 2.24) is 4.98 Å². The van der Waals surface area contributed by atoms with E-state index >= 15 is 0 Å². The number of pyridine rings is 1. The van der Waals surface area contributed by atoms with Gasteiger partial charge in [0, 0.05) is 11.6 Å². The maximum absolute atomic E-state index is 10.8. The van der Waals surface area contributed by atoms with Crippen molar-refractivity contribution in [3.63, 3.8) is 0 Å². The second kappa shape index (κ2) is 3.51. The highest BCUT2D eigenvalue weighted by Crippen LogP contribution is 2.21. The number of aromatic amines is 1. The second-order valence-electron chi connectivity index (χ2n) is 2.95. The molecule has 14 heavy (non-hydrogen) atoms. The van der Waals surface area contributed by atoms with E-state index in [1.165, 1.54) is 0 Å². The van der Waals surface area contributed by atoms with E-state index in [2.05, 4.69) is 4.98 Å². The van der Waals surface area contributed by atoms with Gasteiger partial charge < -0.3 is 10.7 Å². The summed E-state index contributed by atoms with van der Waals surface area (Å²) in [5.41, 5.74) is 5.91. The van der Waals surface area contributed by atoms with Crippen LogP contribution >= 0.6 is 23.6 Å². The van der Waals surface area contributed by atoms with Crippen LogP contribution in [-0.4, -0.2) is 10.9 Å². The van der Waals surface area contributed by atoms with Gasteiger partial charge in [0.2, 0.25) is 5.91 Å². The van der Waals surface area contributed by atoms with Crippen molar-refractivity contribution in [2.24, 2.45) is 5.73 Å². The molecular formula is C9H8N2OS2. The zero-order valence-electron chi connectivity index (χ0n) is 7.24. The minimum Gasteiger partial charge on any atom is -0.369 e. The molecule has 0 aliphatic heterocycles. The number of nitrogens with two attached hydrogens (primary N) is 1. The summed E-state index contributed by atoms with van der Waals surface area (Å²) in [6, 6.07) is 1.95. The normalized spacial score (nSPS) is 10.6. The highest BCUT2D eigenvalue weighted by molar-refractivity contribution is 7.71. The lowest BCUT2D eigenvalue weighted by Gasteiger charge is -1.98. The molecule has 1 amide bonds. The van der Waals surface area contributed by atoms with Gasteiger partial charge in [-0.3, -0.25) is 4.79 Å². The summed E-state index contributed by atoms with van der Waals surface area (Å²) in [6.07, 6.45) is 1.95. The molecule has 3 N–H and O–H groups in total. The van der Waals surface area contributed by atoms with Crippen molar-refractivity contribution in [2.75, 3.05) is 0 Å². The average Bonchev–Trinajstić information content (AvgIpc) is 2.57. The zero-order valence-corrected chi connectivity index (χ0v) is 8.87. The second-order valence-corrected chi connectivity index (χ2v) is 4.27. The number of carbonyl (C=O) groups is 1. The molecule has 3 nitrogen and oxygen atoms in total. The summed E-state index contributed by atoms with van der Waals surface area (Å²) in [5.74, 6) is -0.362. The first-order chi connectivity index (χ1) is 6.68. The lowest BCUT2D eigenvalue weighted by molar-refractivity contribution is -0.117. The minimum absolute atomic E-state index is 0.196. The van der Waals surface area contributed by atoms with Gasteiger partial charge in [-0.2, -0.15) is 0 Å². The van der Waals surface area contributed by atoms with E-state index in [0.717, 1.165) is 20.3 Å². The maximum atomic E-state index is 10.8. The first kappa shape index (κ1) is 9.36. The van der Waals surface area contributed by atoms with Gasteiger partial charge in [0.15, 0.2) is 0 Å². The van der Waals surface area contributed by atoms with Gasteiger partial charge in [-0.1, -0.05) is 12.2 Å². The SMILES string of the molecule is NC(=O)Cc1c[nH]c2sccc2c1=S. The lowest BCUT2D eigenvalue weighted by Crippen LogP contribution is -2.14. The van der Waals surface area contributed by atoms with E-state index < -0.39 is 0 Å². The molecule has 2 rings (SSSR count). The third-order valence-corrected chi connectivity index (χ3v) is 3.27. The molecule has 0 bridgehead atoms. The molecule has 72 valence electrons. The van der Waals surface area contributed by atoms with Crippen LogP contribution in [0, 0.1) is 4.51 Å². The van der Waals surface area contributed by atoms with Gasteiger partial charge >= 0.3 is 0 Å². The summed E-state index contributed by atoms with van der Waals surface area (Å²) in [4.78, 5) is 14.9. The molecular weight excluding hydrogens is 216 g/mol. The van der Waals surface area contributed by atoms with E-state index in [1.54, 1.807) is 17.5 Å². The number of rotatable bonds is 2. The smallest absolute Gasteiger partial charge is 0.221 e. The zero-order chi connectivity index (χ0) is 10.1. The number of hydrogen-bond donors (Lipinski definition) is 2. The predicted octanol–water partition coefficient (Wildman–Crippen LogP) is 1.99. The number of nitrogens with one attached hydrogen (secondary N) is 1. The Morgan fingerprint density at radius 1 is 1.64 bits per heavy atom. The van der Waals surface area contributed by atoms with Crippen LogP contribution in [0.15, 0.2) is 17.6 Å². The van der Waals surface area contributed by atoms with Crippen molar-refractivity contribution < 1.29 is 4.79 Å². The van der Waals surface area contributed by atoms with Crippen molar-refractivity contribution in [3.8, 4) is 0 Å². The number of carbonyl (C=O) groups excluding carboxylic acids is 1. The van der Waals surface area contributed by atoms with Crippen LogP contribution in [0.4, 0.5) is 0 Å². The van der Waals surface area contributed by atoms with Crippen molar-refractivity contribution >= 4 is 39.7 Å². The Morgan fingerprint density at radius 3 is 3.14 bits per heavy atom. The molecule has 0 spiro atoms. The fraction of sp³-hybridized carbons (Fsp3) is 0.111. The summed E-state index contributed by atoms with van der Waals surface area (Å²) in [7, 11) is 0. The minimum atomic E-state index is -0.362. The number of primary amides is 1. The van der Waals surface area contributed by atoms with Crippen molar-refractivity contribution in [2.45, 2.75) is 6.42 Å². The lowest BCUT2D eigenvalue weighted by atomic mass is 10.2. The molecule has 0 saturated heterocycles. The fourth-order valence-electron chi connectivity index (χ4n) is 1.31. The molecule has 0 aliphatic rings. The number of H-pyrrole nitrogens is 1. The Kier molecular flexibility index (Phi) is 2.35. The molecule has 0 fully saturated rings. The number of hydrogen-bond acceptors (Lipinski definition) is 3. The van der Waals surface area contributed by atoms with E-state index in [9.17, 15) is 4.79 Å². The van der Waals surface area contributed by atoms with Crippen LogP contribution < -0.4 is 5.73 Å². The molecule has 0 aliphatic carbocycles. The Hall–Kier alpha value is -1.20. The first-order valence-electron chi connectivity index (χ1n) is 4.04. The summed E-state index contributed by atoms with van der Waals surface area (Å²) < 4.78 is 0.721. The molecule has 0 saturated carbocycles. The van der Waals surface area contributed by atoms with Gasteiger partial charge in [-0.25, -0.2) is 0 Å². The highest BCUT2D eigenvalue weighted by atomic mass is 32.1. The highest BCUT2D eigenvalue weighted by Gasteiger charge is 2.04. The molecule has 2 aromatic rings. The van der Waals surface area contributed by atoms with Crippen LogP contribution in [0.5, 0.6) is 0 Å². The number of aromatic nitrogens is 1. The van der Waals surface area contributed by atoms with E-state index in [0.29, 0.717) is 0 Å². The third kappa shape index (κ3) is 1.56. The van der Waals surface area contributed by atoms with Crippen LogP contribution in [0.3, 0.4) is 0 Å². The topological polar surface area (TPSA) is 58.9 Å². The Bertz CT molecular complexity index is 541. The summed E-state index contributed by atoms with van der Waals surface area (Å²) in [5, 5.41) is 2.95. The predicted molar refractivity (Wildman–Crippen MR) is 59.9 cm³/mol. The fourth-order valence-corrected chi connectivity index (χ4v) is 2.44. The van der Waals surface area contributed by atoms with Crippen LogP contribution in [0.1, 0.15) is 5.56 Å². The van der Waals surface area contributed by atoms with E-state index in [-0.39, 0.29) is 12.3 Å². The Labute approximate surface area is 89.6 Å². The molecule has 0 atom stereocenters. The number of fused-ring (bicyclic) bond motifs is 1. The number of thiophene rings is 1. The van der Waals surface area contributed by atoms with Gasteiger partial charge in [0.25, 0.3) is 0 Å². The van der Waals surface area contributed by atoms with Gasteiger partial charge in [-0.15, -0.1) is 11.3 Å².